The van der Waals surface area contributed by atoms with Crippen LogP contribution < -0.4 is 5.56 Å². The Morgan fingerprint density at radius 2 is 1.93 bits per heavy atom. The van der Waals surface area contributed by atoms with E-state index in [4.69, 9.17) is 4.74 Å². The number of nitrogens with one attached hydrogen (secondary N) is 1. The number of H-pyrrole nitrogens is 1. The van der Waals surface area contributed by atoms with Gasteiger partial charge in [-0.15, -0.1) is 0 Å². The zero-order chi connectivity index (χ0) is 22.0. The predicted molar refractivity (Wildman–Crippen MR) is 118 cm³/mol. The zero-order valence-corrected chi connectivity index (χ0v) is 18.6. The minimum absolute atomic E-state index is 0.0965. The molecule has 1 N–H and O–H groups in total. The zero-order valence-electron chi connectivity index (χ0n) is 17.7. The smallest absolute Gasteiger partial charge is 0.355 e. The van der Waals surface area contributed by atoms with Gasteiger partial charge in [0.1, 0.15) is 5.69 Å². The minimum Gasteiger partial charge on any atom is -0.461 e. The van der Waals surface area contributed by atoms with Gasteiger partial charge in [0.15, 0.2) is 10.9 Å². The molecular formula is C22H25N3O4S. The van der Waals surface area contributed by atoms with Crippen molar-refractivity contribution < 1.29 is 14.3 Å². The number of benzene rings is 1. The highest BCUT2D eigenvalue weighted by Crippen LogP contribution is 2.25. The van der Waals surface area contributed by atoms with Crippen molar-refractivity contribution in [2.45, 2.75) is 45.8 Å². The van der Waals surface area contributed by atoms with E-state index < -0.39 is 5.97 Å². The van der Waals surface area contributed by atoms with E-state index >= 15 is 0 Å². The molecular weight excluding hydrogens is 402 g/mol. The number of carbonyl (C=O) groups excluding carboxylic acids is 2. The second-order valence-corrected chi connectivity index (χ2v) is 8.18. The van der Waals surface area contributed by atoms with Gasteiger partial charge >= 0.3 is 5.97 Å². The quantitative estimate of drug-likeness (QED) is 0.264. The number of carbonyl (C=O) groups is 2. The lowest BCUT2D eigenvalue weighted by Crippen LogP contribution is -2.25. The third-order valence-electron chi connectivity index (χ3n) is 4.82. The van der Waals surface area contributed by atoms with E-state index in [2.05, 4.69) is 9.97 Å². The largest absolute Gasteiger partial charge is 0.461 e. The molecule has 8 heteroatoms. The first-order valence-electron chi connectivity index (χ1n) is 9.79. The Morgan fingerprint density at radius 1 is 1.23 bits per heavy atom. The van der Waals surface area contributed by atoms with Crippen LogP contribution in [0.2, 0.25) is 0 Å². The summed E-state index contributed by atoms with van der Waals surface area (Å²) in [5.74, 6) is -0.520. The maximum absolute atomic E-state index is 13.0. The van der Waals surface area contributed by atoms with Gasteiger partial charge in [-0.25, -0.2) is 9.78 Å². The van der Waals surface area contributed by atoms with Crippen LogP contribution in [0.25, 0.3) is 10.9 Å². The maximum Gasteiger partial charge on any atom is 0.355 e. The van der Waals surface area contributed by atoms with E-state index in [-0.39, 0.29) is 29.7 Å². The van der Waals surface area contributed by atoms with Crippen molar-refractivity contribution >= 4 is 34.4 Å². The van der Waals surface area contributed by atoms with Crippen LogP contribution in [0.15, 0.2) is 34.2 Å². The summed E-state index contributed by atoms with van der Waals surface area (Å²) in [5.41, 5.74) is 2.45. The molecule has 158 valence electrons. The lowest BCUT2D eigenvalue weighted by atomic mass is 10.1. The number of rotatable bonds is 7. The van der Waals surface area contributed by atoms with Crippen molar-refractivity contribution in [1.82, 2.24) is 14.5 Å². The number of ketones is 1. The Hall–Kier alpha value is -2.87. The van der Waals surface area contributed by atoms with Crippen LogP contribution in [0.3, 0.4) is 0 Å². The van der Waals surface area contributed by atoms with Crippen molar-refractivity contribution in [1.29, 1.82) is 0 Å². The molecule has 7 nitrogen and oxygen atoms in total. The third kappa shape index (κ3) is 4.05. The van der Waals surface area contributed by atoms with Crippen molar-refractivity contribution in [3.05, 3.63) is 57.1 Å². The number of nitrogens with zero attached hydrogens (tertiary/aromatic N) is 2. The molecule has 0 aliphatic carbocycles. The number of aromatic amines is 1. The summed E-state index contributed by atoms with van der Waals surface area (Å²) in [6.45, 7) is 9.30. The van der Waals surface area contributed by atoms with E-state index in [9.17, 15) is 14.4 Å². The van der Waals surface area contributed by atoms with Crippen molar-refractivity contribution in [2.24, 2.45) is 0 Å². The average molecular weight is 428 g/mol. The number of hydrogen-bond donors (Lipinski definition) is 1. The van der Waals surface area contributed by atoms with Gasteiger partial charge in [-0.1, -0.05) is 23.9 Å². The van der Waals surface area contributed by atoms with Crippen LogP contribution in [0.1, 0.15) is 58.9 Å². The van der Waals surface area contributed by atoms with Crippen LogP contribution in [-0.2, 0) is 4.74 Å². The molecule has 2 heterocycles. The lowest BCUT2D eigenvalue weighted by molar-refractivity contribution is 0.0519. The van der Waals surface area contributed by atoms with Crippen molar-refractivity contribution in [2.75, 3.05) is 12.4 Å². The molecule has 0 saturated carbocycles. The van der Waals surface area contributed by atoms with E-state index in [1.54, 1.807) is 37.5 Å². The van der Waals surface area contributed by atoms with Crippen molar-refractivity contribution in [3.63, 3.8) is 0 Å². The van der Waals surface area contributed by atoms with Gasteiger partial charge < -0.3 is 9.72 Å². The Bertz CT molecular complexity index is 1180. The predicted octanol–water partition coefficient (Wildman–Crippen LogP) is 4.07. The van der Waals surface area contributed by atoms with E-state index in [0.717, 1.165) is 0 Å². The molecule has 3 rings (SSSR count). The number of para-hydroxylation sites is 1. The molecule has 2 aromatic heterocycles. The summed E-state index contributed by atoms with van der Waals surface area (Å²) in [7, 11) is 0. The molecule has 0 unspecified atom stereocenters. The first-order valence-corrected chi connectivity index (χ1v) is 10.8. The van der Waals surface area contributed by atoms with Gasteiger partial charge in [0, 0.05) is 17.3 Å². The summed E-state index contributed by atoms with van der Waals surface area (Å²) in [6.07, 6.45) is 0. The summed E-state index contributed by atoms with van der Waals surface area (Å²) in [4.78, 5) is 45.6. The molecule has 0 radical (unpaired) electrons. The van der Waals surface area contributed by atoms with Gasteiger partial charge in [0.25, 0.3) is 5.56 Å². The first-order chi connectivity index (χ1) is 14.3. The van der Waals surface area contributed by atoms with Crippen molar-refractivity contribution in [3.8, 4) is 0 Å². The van der Waals surface area contributed by atoms with E-state index in [0.29, 0.717) is 38.6 Å². The number of ether oxygens (including phenoxy) is 1. The summed E-state index contributed by atoms with van der Waals surface area (Å²) in [5, 5.41) is 1.05. The van der Waals surface area contributed by atoms with Crippen LogP contribution in [0.4, 0.5) is 0 Å². The second kappa shape index (κ2) is 8.87. The van der Waals surface area contributed by atoms with Crippen LogP contribution >= 0.6 is 11.8 Å². The SMILES string of the molecule is CCOC(=O)c1[nH]c(C)c(C(=O)CSc2nc3ccccc3c(=O)n2C(C)C)c1C. The summed E-state index contributed by atoms with van der Waals surface area (Å²) >= 11 is 1.22. The lowest BCUT2D eigenvalue weighted by Gasteiger charge is -2.16. The first kappa shape index (κ1) is 21.8. The molecule has 30 heavy (non-hydrogen) atoms. The molecule has 0 saturated heterocycles. The fourth-order valence-electron chi connectivity index (χ4n) is 3.46. The third-order valence-corrected chi connectivity index (χ3v) is 5.77. The van der Waals surface area contributed by atoms with E-state index in [1.807, 2.05) is 26.0 Å². The fourth-order valence-corrected chi connectivity index (χ4v) is 4.46. The molecule has 0 amide bonds. The highest BCUT2D eigenvalue weighted by atomic mass is 32.2. The number of hydrogen-bond acceptors (Lipinski definition) is 6. The standard InChI is InChI=1S/C22H25N3O4S/c1-6-29-21(28)19-13(4)18(14(5)23-19)17(26)11-30-22-24-16-10-8-7-9-15(16)20(27)25(22)12(2)3/h7-10,12,23H,6,11H2,1-5H3. The summed E-state index contributed by atoms with van der Waals surface area (Å²) < 4.78 is 6.66. The number of aromatic nitrogens is 3. The van der Waals surface area contributed by atoms with Gasteiger partial charge in [-0.2, -0.15) is 0 Å². The number of Topliss-reactive ketones (excluding diaryl/α,β-unsaturated/α-hetero) is 1. The number of esters is 1. The molecule has 0 bridgehead atoms. The molecule has 0 fully saturated rings. The number of thioether (sulfide) groups is 1. The highest BCUT2D eigenvalue weighted by Gasteiger charge is 2.23. The maximum atomic E-state index is 13.0. The van der Waals surface area contributed by atoms with Gasteiger partial charge in [0.2, 0.25) is 0 Å². The highest BCUT2D eigenvalue weighted by molar-refractivity contribution is 7.99. The molecule has 0 aliphatic heterocycles. The topological polar surface area (TPSA) is 94.1 Å². The monoisotopic (exact) mass is 427 g/mol. The Morgan fingerprint density at radius 3 is 2.60 bits per heavy atom. The fraction of sp³-hybridized carbons (Fsp3) is 0.364. The second-order valence-electron chi connectivity index (χ2n) is 7.24. The Balaban J connectivity index is 1.92. The molecule has 1 aromatic carbocycles. The van der Waals surface area contributed by atoms with Gasteiger partial charge in [-0.3, -0.25) is 14.2 Å². The molecule has 0 atom stereocenters. The van der Waals surface area contributed by atoms with Gasteiger partial charge in [-0.05, 0) is 52.3 Å². The Kier molecular flexibility index (Phi) is 6.45. The Labute approximate surface area is 178 Å². The van der Waals surface area contributed by atoms with Crippen LogP contribution in [0, 0.1) is 13.8 Å². The van der Waals surface area contributed by atoms with Crippen LogP contribution in [-0.4, -0.2) is 38.6 Å². The van der Waals surface area contributed by atoms with Gasteiger partial charge in [0.05, 0.1) is 23.3 Å². The molecule has 0 spiro atoms. The minimum atomic E-state index is -0.477. The van der Waals surface area contributed by atoms with E-state index in [1.165, 1.54) is 11.8 Å². The average Bonchev–Trinajstić information content (AvgIpc) is 3.00. The summed E-state index contributed by atoms with van der Waals surface area (Å²) in [6, 6.07) is 7.09. The molecule has 3 aromatic rings. The number of aryl methyl sites for hydroxylation is 1. The number of fused-ring (bicyclic) bond motifs is 1. The molecule has 0 aliphatic rings. The normalized spacial score (nSPS) is 11.3. The van der Waals surface area contributed by atoms with Crippen LogP contribution in [0.5, 0.6) is 0 Å².